The van der Waals surface area contributed by atoms with E-state index in [2.05, 4.69) is 33.3 Å². The van der Waals surface area contributed by atoms with Gasteiger partial charge in [0.05, 0.1) is 11.3 Å². The van der Waals surface area contributed by atoms with Gasteiger partial charge in [0.25, 0.3) is 5.91 Å². The Hall–Kier alpha value is -0.840. The fourth-order valence-electron chi connectivity index (χ4n) is 1.81. The lowest BCUT2D eigenvalue weighted by Gasteiger charge is -2.08. The highest BCUT2D eigenvalue weighted by Gasteiger charge is 2.13. The van der Waals surface area contributed by atoms with Crippen LogP contribution < -0.4 is 5.32 Å². The van der Waals surface area contributed by atoms with Gasteiger partial charge in [-0.05, 0) is 25.2 Å². The first-order valence-electron chi connectivity index (χ1n) is 6.45. The lowest BCUT2D eigenvalue weighted by atomic mass is 10.1. The molecule has 4 nitrogen and oxygen atoms in total. The second-order valence-electron chi connectivity index (χ2n) is 4.67. The van der Waals surface area contributed by atoms with Gasteiger partial charge in [0.2, 0.25) is 0 Å². The van der Waals surface area contributed by atoms with Crippen molar-refractivity contribution in [2.45, 2.75) is 33.1 Å². The van der Waals surface area contributed by atoms with E-state index in [0.717, 1.165) is 36.8 Å². The van der Waals surface area contributed by atoms with Crippen LogP contribution in [0.2, 0.25) is 0 Å². The van der Waals surface area contributed by atoms with Crippen LogP contribution in [-0.2, 0) is 13.5 Å². The molecule has 0 radical (unpaired) electrons. The van der Waals surface area contributed by atoms with E-state index in [1.807, 2.05) is 14.0 Å². The highest BCUT2D eigenvalue weighted by atomic mass is 79.9. The Bertz CT molecular complexity index is 390. The van der Waals surface area contributed by atoms with Crippen molar-refractivity contribution < 1.29 is 4.79 Å². The molecule has 0 aliphatic rings. The lowest BCUT2D eigenvalue weighted by Crippen LogP contribution is -2.25. The van der Waals surface area contributed by atoms with E-state index in [4.69, 9.17) is 0 Å². The zero-order valence-corrected chi connectivity index (χ0v) is 13.0. The normalized spacial score (nSPS) is 12.4. The number of halogens is 1. The molecule has 0 spiro atoms. The highest BCUT2D eigenvalue weighted by Crippen LogP contribution is 2.09. The Morgan fingerprint density at radius 2 is 2.33 bits per heavy atom. The summed E-state index contributed by atoms with van der Waals surface area (Å²) in [4.78, 5) is 12.0. The summed E-state index contributed by atoms with van der Waals surface area (Å²) in [7, 11) is 1.84. The molecule has 1 heterocycles. The molecule has 1 unspecified atom stereocenters. The van der Waals surface area contributed by atoms with E-state index in [0.29, 0.717) is 11.5 Å². The Labute approximate surface area is 117 Å². The first-order chi connectivity index (χ1) is 8.58. The summed E-state index contributed by atoms with van der Waals surface area (Å²) in [5.41, 5.74) is 1.57. The molecule has 1 N–H and O–H groups in total. The molecule has 0 saturated heterocycles. The van der Waals surface area contributed by atoms with E-state index < -0.39 is 0 Å². The summed E-state index contributed by atoms with van der Waals surface area (Å²) in [6.07, 6.45) is 4.71. The second kappa shape index (κ2) is 7.56. The molecule has 0 saturated carbocycles. The molecule has 0 aromatic carbocycles. The molecule has 0 aliphatic carbocycles. The van der Waals surface area contributed by atoms with Crippen LogP contribution in [0.1, 0.15) is 42.7 Å². The number of hydrogen-bond acceptors (Lipinski definition) is 2. The topological polar surface area (TPSA) is 46.9 Å². The fourth-order valence-corrected chi connectivity index (χ4v) is 2.13. The maximum Gasteiger partial charge on any atom is 0.254 e. The zero-order chi connectivity index (χ0) is 13.5. The number of aromatic nitrogens is 2. The molecule has 0 aliphatic heterocycles. The van der Waals surface area contributed by atoms with Gasteiger partial charge in [-0.25, -0.2) is 0 Å². The molecular weight excluding hydrogens is 294 g/mol. The van der Waals surface area contributed by atoms with Gasteiger partial charge >= 0.3 is 0 Å². The van der Waals surface area contributed by atoms with Gasteiger partial charge in [0.1, 0.15) is 0 Å². The van der Waals surface area contributed by atoms with Gasteiger partial charge in [-0.2, -0.15) is 5.10 Å². The fraction of sp³-hybridized carbons (Fsp3) is 0.692. The molecule has 1 aromatic rings. The van der Waals surface area contributed by atoms with Gasteiger partial charge < -0.3 is 5.32 Å². The number of nitrogens with one attached hydrogen (secondary N) is 1. The van der Waals surface area contributed by atoms with Crippen molar-refractivity contribution >= 4 is 21.8 Å². The second-order valence-corrected chi connectivity index (χ2v) is 5.32. The van der Waals surface area contributed by atoms with Gasteiger partial charge in [0.15, 0.2) is 0 Å². The van der Waals surface area contributed by atoms with Crippen LogP contribution in [-0.4, -0.2) is 27.6 Å². The number of alkyl halides is 1. The summed E-state index contributed by atoms with van der Waals surface area (Å²) in [6.45, 7) is 4.94. The average Bonchev–Trinajstić information content (AvgIpc) is 2.75. The number of hydrogen-bond donors (Lipinski definition) is 1. The maximum atomic E-state index is 12.0. The Kier molecular flexibility index (Phi) is 6.39. The third-order valence-corrected chi connectivity index (χ3v) is 4.01. The zero-order valence-electron chi connectivity index (χ0n) is 11.4. The number of rotatable bonds is 7. The van der Waals surface area contributed by atoms with Gasteiger partial charge in [-0.3, -0.25) is 9.48 Å². The summed E-state index contributed by atoms with van der Waals surface area (Å²) >= 11 is 3.46. The number of amides is 1. The number of carbonyl (C=O) groups excluding carboxylic acids is 1. The lowest BCUT2D eigenvalue weighted by molar-refractivity contribution is 0.0951. The predicted octanol–water partition coefficient (Wildman–Crippen LogP) is 2.52. The molecule has 0 fully saturated rings. The molecule has 1 aromatic heterocycles. The van der Waals surface area contributed by atoms with Crippen LogP contribution in [0.25, 0.3) is 0 Å². The molecule has 1 amide bonds. The Morgan fingerprint density at radius 3 is 2.94 bits per heavy atom. The van der Waals surface area contributed by atoms with Crippen molar-refractivity contribution in [3.63, 3.8) is 0 Å². The maximum absolute atomic E-state index is 12.0. The minimum Gasteiger partial charge on any atom is -0.352 e. The molecule has 102 valence electrons. The van der Waals surface area contributed by atoms with Crippen molar-refractivity contribution in [1.82, 2.24) is 15.1 Å². The summed E-state index contributed by atoms with van der Waals surface area (Å²) in [5, 5.41) is 8.25. The van der Waals surface area contributed by atoms with E-state index in [1.54, 1.807) is 10.9 Å². The standard InChI is InChI=1S/C13H22BrN3O/c1-4-12-11(9-17(3)16-12)13(18)15-7-5-6-10(2)8-14/h9-10H,4-8H2,1-3H3,(H,15,18). The van der Waals surface area contributed by atoms with Crippen LogP contribution in [0, 0.1) is 5.92 Å². The average molecular weight is 316 g/mol. The van der Waals surface area contributed by atoms with E-state index in [-0.39, 0.29) is 5.91 Å². The Balaban J connectivity index is 2.40. The van der Waals surface area contributed by atoms with Gasteiger partial charge in [0, 0.05) is 25.1 Å². The number of nitrogens with zero attached hydrogens (tertiary/aromatic N) is 2. The molecule has 0 bridgehead atoms. The predicted molar refractivity (Wildman–Crippen MR) is 77.1 cm³/mol. The summed E-state index contributed by atoms with van der Waals surface area (Å²) in [5.74, 6) is 0.651. The minimum absolute atomic E-state index is 0.00792. The number of carbonyl (C=O) groups is 1. The van der Waals surface area contributed by atoms with Crippen molar-refractivity contribution in [3.05, 3.63) is 17.5 Å². The van der Waals surface area contributed by atoms with Crippen LogP contribution in [0.5, 0.6) is 0 Å². The minimum atomic E-state index is -0.00792. The van der Waals surface area contributed by atoms with Crippen molar-refractivity contribution in [2.24, 2.45) is 13.0 Å². The summed E-state index contributed by atoms with van der Waals surface area (Å²) < 4.78 is 1.70. The molecule has 5 heteroatoms. The number of aryl methyl sites for hydroxylation is 2. The van der Waals surface area contributed by atoms with Crippen LogP contribution in [0.4, 0.5) is 0 Å². The van der Waals surface area contributed by atoms with Crippen LogP contribution in [0.3, 0.4) is 0 Å². The largest absolute Gasteiger partial charge is 0.352 e. The quantitative estimate of drug-likeness (QED) is 0.621. The van der Waals surface area contributed by atoms with Gasteiger partial charge in [-0.1, -0.05) is 29.8 Å². The van der Waals surface area contributed by atoms with Crippen LogP contribution in [0.15, 0.2) is 6.20 Å². The first kappa shape index (κ1) is 15.2. The molecule has 1 rings (SSSR count). The molecule has 1 atom stereocenters. The highest BCUT2D eigenvalue weighted by molar-refractivity contribution is 9.09. The van der Waals surface area contributed by atoms with Crippen molar-refractivity contribution in [3.8, 4) is 0 Å². The third kappa shape index (κ3) is 4.44. The van der Waals surface area contributed by atoms with E-state index >= 15 is 0 Å². The molecule has 18 heavy (non-hydrogen) atoms. The van der Waals surface area contributed by atoms with Crippen LogP contribution >= 0.6 is 15.9 Å². The first-order valence-corrected chi connectivity index (χ1v) is 7.57. The molecular formula is C13H22BrN3O. The van der Waals surface area contributed by atoms with Crippen molar-refractivity contribution in [1.29, 1.82) is 0 Å². The van der Waals surface area contributed by atoms with E-state index in [1.165, 1.54) is 0 Å². The summed E-state index contributed by atoms with van der Waals surface area (Å²) in [6, 6.07) is 0. The third-order valence-electron chi connectivity index (χ3n) is 2.91. The SMILES string of the molecule is CCc1nn(C)cc1C(=O)NCCCC(C)CBr. The smallest absolute Gasteiger partial charge is 0.254 e. The van der Waals surface area contributed by atoms with Gasteiger partial charge in [-0.15, -0.1) is 0 Å². The van der Waals surface area contributed by atoms with E-state index in [9.17, 15) is 4.79 Å². The van der Waals surface area contributed by atoms with Crippen molar-refractivity contribution in [2.75, 3.05) is 11.9 Å². The monoisotopic (exact) mass is 315 g/mol. The Morgan fingerprint density at radius 1 is 1.61 bits per heavy atom.